The molecule has 0 bridgehead atoms. The summed E-state index contributed by atoms with van der Waals surface area (Å²) in [6.07, 6.45) is 3.54. The molecular weight excluding hydrogens is 257 g/mol. The number of halogens is 2. The number of piperidine rings is 1. The molecule has 0 amide bonds. The molecule has 0 atom stereocenters. The van der Waals surface area contributed by atoms with E-state index in [0.29, 0.717) is 22.4 Å². The van der Waals surface area contributed by atoms with Gasteiger partial charge in [-0.25, -0.2) is 0 Å². The minimum atomic E-state index is 0.586. The number of ether oxygens (including phenoxy) is 1. The maximum Gasteiger partial charge on any atom is 0.156 e. The Bertz CT molecular complexity index is 344. The van der Waals surface area contributed by atoms with Gasteiger partial charge in [0.05, 0.1) is 16.7 Å². The third-order valence-electron chi connectivity index (χ3n) is 3.15. The highest BCUT2D eigenvalue weighted by Gasteiger charge is 2.13. The molecule has 0 saturated carbocycles. The van der Waals surface area contributed by atoms with Crippen LogP contribution in [0.25, 0.3) is 0 Å². The second kappa shape index (κ2) is 6.48. The molecule has 0 aromatic heterocycles. The molecule has 0 radical (unpaired) electrons. The predicted octanol–water partition coefficient (Wildman–Crippen LogP) is 3.76. The van der Waals surface area contributed by atoms with Gasteiger partial charge in [-0.1, -0.05) is 29.3 Å². The summed E-state index contributed by atoms with van der Waals surface area (Å²) >= 11 is 12.1. The van der Waals surface area contributed by atoms with E-state index >= 15 is 0 Å². The lowest BCUT2D eigenvalue weighted by atomic mass is 9.95. The minimum absolute atomic E-state index is 0.586. The highest BCUT2D eigenvalue weighted by atomic mass is 35.5. The zero-order valence-corrected chi connectivity index (χ0v) is 11.2. The van der Waals surface area contributed by atoms with Gasteiger partial charge in [-0.15, -0.1) is 0 Å². The van der Waals surface area contributed by atoms with Crippen LogP contribution in [0.3, 0.4) is 0 Å². The van der Waals surface area contributed by atoms with Gasteiger partial charge in [0.1, 0.15) is 0 Å². The maximum absolute atomic E-state index is 6.03. The van der Waals surface area contributed by atoms with Crippen LogP contribution < -0.4 is 10.1 Å². The molecule has 0 unspecified atom stereocenters. The SMILES string of the molecule is Clc1cccc(Cl)c1OCCC1CCNCC1. The standard InChI is InChI=1S/C13H17Cl2NO/c14-11-2-1-3-12(15)13(11)17-9-6-10-4-7-16-8-5-10/h1-3,10,16H,4-9H2. The lowest BCUT2D eigenvalue weighted by molar-refractivity contribution is 0.252. The summed E-state index contributed by atoms with van der Waals surface area (Å²) in [6, 6.07) is 5.42. The minimum Gasteiger partial charge on any atom is -0.490 e. The van der Waals surface area contributed by atoms with Crippen LogP contribution in [0.4, 0.5) is 0 Å². The van der Waals surface area contributed by atoms with Gasteiger partial charge in [0.15, 0.2) is 5.75 Å². The highest BCUT2D eigenvalue weighted by molar-refractivity contribution is 6.37. The summed E-state index contributed by atoms with van der Waals surface area (Å²) in [4.78, 5) is 0. The van der Waals surface area contributed by atoms with Crippen LogP contribution >= 0.6 is 23.2 Å². The third kappa shape index (κ3) is 3.77. The van der Waals surface area contributed by atoms with Crippen LogP contribution in [-0.2, 0) is 0 Å². The van der Waals surface area contributed by atoms with Crippen molar-refractivity contribution in [3.8, 4) is 5.75 Å². The van der Waals surface area contributed by atoms with Gasteiger partial charge in [0, 0.05) is 0 Å². The first-order valence-electron chi connectivity index (χ1n) is 6.05. The molecule has 17 heavy (non-hydrogen) atoms. The van der Waals surface area contributed by atoms with Crippen LogP contribution in [0.1, 0.15) is 19.3 Å². The van der Waals surface area contributed by atoms with Crippen molar-refractivity contribution in [1.82, 2.24) is 5.32 Å². The van der Waals surface area contributed by atoms with Crippen molar-refractivity contribution >= 4 is 23.2 Å². The zero-order chi connectivity index (χ0) is 12.1. The lowest BCUT2D eigenvalue weighted by Crippen LogP contribution is -2.28. The van der Waals surface area contributed by atoms with E-state index in [1.807, 2.05) is 6.07 Å². The molecule has 1 aromatic rings. The Labute approximate surface area is 112 Å². The molecule has 0 aliphatic carbocycles. The Morgan fingerprint density at radius 2 is 1.82 bits per heavy atom. The monoisotopic (exact) mass is 273 g/mol. The molecule has 2 rings (SSSR count). The first kappa shape index (κ1) is 13.0. The quantitative estimate of drug-likeness (QED) is 0.902. The first-order valence-corrected chi connectivity index (χ1v) is 6.80. The number of benzene rings is 1. The summed E-state index contributed by atoms with van der Waals surface area (Å²) < 4.78 is 5.69. The molecular formula is C13H17Cl2NO. The Morgan fingerprint density at radius 3 is 2.47 bits per heavy atom. The van der Waals surface area contributed by atoms with Crippen LogP contribution in [0.2, 0.25) is 10.0 Å². The molecule has 2 nitrogen and oxygen atoms in total. The average molecular weight is 274 g/mol. The summed E-state index contributed by atoms with van der Waals surface area (Å²) in [5.41, 5.74) is 0. The third-order valence-corrected chi connectivity index (χ3v) is 3.75. The van der Waals surface area contributed by atoms with Crippen molar-refractivity contribution in [2.24, 2.45) is 5.92 Å². The molecule has 1 saturated heterocycles. The van der Waals surface area contributed by atoms with Gasteiger partial charge in [-0.05, 0) is 50.4 Å². The fraction of sp³-hybridized carbons (Fsp3) is 0.538. The van der Waals surface area contributed by atoms with Gasteiger partial charge >= 0.3 is 0 Å². The lowest BCUT2D eigenvalue weighted by Gasteiger charge is -2.22. The smallest absolute Gasteiger partial charge is 0.156 e. The van der Waals surface area contributed by atoms with Crippen LogP contribution in [-0.4, -0.2) is 19.7 Å². The molecule has 1 fully saturated rings. The van der Waals surface area contributed by atoms with Crippen LogP contribution in [0.15, 0.2) is 18.2 Å². The fourth-order valence-electron chi connectivity index (χ4n) is 2.12. The molecule has 1 aromatic carbocycles. The van der Waals surface area contributed by atoms with Crippen molar-refractivity contribution in [2.75, 3.05) is 19.7 Å². The van der Waals surface area contributed by atoms with Crippen molar-refractivity contribution in [3.05, 3.63) is 28.2 Å². The zero-order valence-electron chi connectivity index (χ0n) is 9.72. The van der Waals surface area contributed by atoms with E-state index in [-0.39, 0.29) is 0 Å². The summed E-state index contributed by atoms with van der Waals surface area (Å²) in [5, 5.41) is 4.53. The predicted molar refractivity (Wildman–Crippen MR) is 72.2 cm³/mol. The Morgan fingerprint density at radius 1 is 1.18 bits per heavy atom. The Hall–Kier alpha value is -0.440. The molecule has 1 N–H and O–H groups in total. The fourth-order valence-corrected chi connectivity index (χ4v) is 2.63. The molecule has 4 heteroatoms. The van der Waals surface area contributed by atoms with E-state index in [9.17, 15) is 0 Å². The second-order valence-corrected chi connectivity index (χ2v) is 5.20. The number of para-hydroxylation sites is 1. The van der Waals surface area contributed by atoms with Crippen LogP contribution in [0.5, 0.6) is 5.75 Å². The Kier molecular flexibility index (Phi) is 4.96. The molecule has 1 aliphatic rings. The van der Waals surface area contributed by atoms with E-state index in [1.165, 1.54) is 12.8 Å². The van der Waals surface area contributed by atoms with Crippen molar-refractivity contribution in [2.45, 2.75) is 19.3 Å². The van der Waals surface area contributed by atoms with Gasteiger partial charge in [0.25, 0.3) is 0 Å². The summed E-state index contributed by atoms with van der Waals surface area (Å²) in [5.74, 6) is 1.38. The Balaban J connectivity index is 1.81. The van der Waals surface area contributed by atoms with Gasteiger partial charge in [0.2, 0.25) is 0 Å². The van der Waals surface area contributed by atoms with Crippen molar-refractivity contribution < 1.29 is 4.74 Å². The largest absolute Gasteiger partial charge is 0.490 e. The van der Waals surface area contributed by atoms with E-state index in [2.05, 4.69) is 5.32 Å². The molecule has 1 aliphatic heterocycles. The van der Waals surface area contributed by atoms with Gasteiger partial charge < -0.3 is 10.1 Å². The average Bonchev–Trinajstić information content (AvgIpc) is 2.34. The molecule has 0 spiro atoms. The van der Waals surface area contributed by atoms with E-state index in [0.717, 1.165) is 25.4 Å². The van der Waals surface area contributed by atoms with Gasteiger partial charge in [-0.3, -0.25) is 0 Å². The molecule has 1 heterocycles. The van der Waals surface area contributed by atoms with E-state index in [1.54, 1.807) is 12.1 Å². The summed E-state index contributed by atoms with van der Waals surface area (Å²) in [6.45, 7) is 2.93. The first-order chi connectivity index (χ1) is 8.27. The summed E-state index contributed by atoms with van der Waals surface area (Å²) in [7, 11) is 0. The van der Waals surface area contributed by atoms with E-state index in [4.69, 9.17) is 27.9 Å². The van der Waals surface area contributed by atoms with Crippen molar-refractivity contribution in [1.29, 1.82) is 0 Å². The number of hydrogen-bond acceptors (Lipinski definition) is 2. The van der Waals surface area contributed by atoms with Crippen molar-refractivity contribution in [3.63, 3.8) is 0 Å². The number of rotatable bonds is 4. The normalized spacial score (nSPS) is 17.1. The highest BCUT2D eigenvalue weighted by Crippen LogP contribution is 2.32. The number of nitrogens with one attached hydrogen (secondary N) is 1. The topological polar surface area (TPSA) is 21.3 Å². The van der Waals surface area contributed by atoms with Gasteiger partial charge in [-0.2, -0.15) is 0 Å². The van der Waals surface area contributed by atoms with E-state index < -0.39 is 0 Å². The molecule has 94 valence electrons. The number of hydrogen-bond donors (Lipinski definition) is 1. The maximum atomic E-state index is 6.03. The van der Waals surface area contributed by atoms with Crippen LogP contribution in [0, 0.1) is 5.92 Å². The second-order valence-electron chi connectivity index (χ2n) is 4.38.